The van der Waals surface area contributed by atoms with Gasteiger partial charge < -0.3 is 14.5 Å². The molecule has 2 aromatic carbocycles. The van der Waals surface area contributed by atoms with E-state index < -0.39 is 0 Å². The molecule has 0 atom stereocenters. The molecule has 0 aliphatic carbocycles. The van der Waals surface area contributed by atoms with Gasteiger partial charge in [-0.3, -0.25) is 4.79 Å². The molecule has 0 spiro atoms. The first-order valence-corrected chi connectivity index (χ1v) is 9.27. The van der Waals surface area contributed by atoms with Crippen LogP contribution in [0.2, 0.25) is 0 Å². The van der Waals surface area contributed by atoms with Gasteiger partial charge in [0.1, 0.15) is 5.75 Å². The minimum Gasteiger partial charge on any atom is -0.484 e. The molecule has 0 saturated carbocycles. The van der Waals surface area contributed by atoms with Crippen LogP contribution in [0.5, 0.6) is 5.75 Å². The number of aryl methyl sites for hydroxylation is 1. The second-order valence-electron chi connectivity index (χ2n) is 6.70. The minimum absolute atomic E-state index is 0.0112. The number of ether oxygens (including phenoxy) is 1. The molecule has 2 heterocycles. The number of piperazine rings is 1. The molecule has 4 rings (SSSR count). The summed E-state index contributed by atoms with van der Waals surface area (Å²) in [4.78, 5) is 16.4. The molecular weight excluding hydrogens is 356 g/mol. The number of aromatic nitrogens is 4. The maximum atomic E-state index is 12.5. The number of nitrogens with zero attached hydrogens (tertiary/aromatic N) is 6. The predicted molar refractivity (Wildman–Crippen MR) is 105 cm³/mol. The van der Waals surface area contributed by atoms with Gasteiger partial charge in [-0.25, -0.2) is 0 Å². The molecule has 1 saturated heterocycles. The zero-order valence-corrected chi connectivity index (χ0v) is 15.7. The van der Waals surface area contributed by atoms with Crippen molar-refractivity contribution in [1.82, 2.24) is 25.1 Å². The molecule has 1 aliphatic rings. The number of hydrogen-bond acceptors (Lipinski definition) is 6. The number of carbonyl (C=O) groups is 1. The van der Waals surface area contributed by atoms with E-state index >= 15 is 0 Å². The van der Waals surface area contributed by atoms with E-state index in [-0.39, 0.29) is 12.5 Å². The summed E-state index contributed by atoms with van der Waals surface area (Å²) in [6.45, 7) is 4.62. The highest BCUT2D eigenvalue weighted by atomic mass is 16.5. The third-order valence-corrected chi connectivity index (χ3v) is 4.75. The van der Waals surface area contributed by atoms with Gasteiger partial charge in [0, 0.05) is 26.2 Å². The van der Waals surface area contributed by atoms with Gasteiger partial charge in [-0.15, -0.1) is 0 Å². The van der Waals surface area contributed by atoms with Crippen LogP contribution >= 0.6 is 0 Å². The molecule has 144 valence electrons. The van der Waals surface area contributed by atoms with Crippen LogP contribution in [0.4, 0.5) is 5.95 Å². The van der Waals surface area contributed by atoms with Crippen molar-refractivity contribution in [2.45, 2.75) is 6.92 Å². The van der Waals surface area contributed by atoms with Crippen molar-refractivity contribution in [3.05, 3.63) is 60.2 Å². The lowest BCUT2D eigenvalue weighted by atomic mass is 10.2. The Balaban J connectivity index is 1.33. The fourth-order valence-electron chi connectivity index (χ4n) is 3.14. The third kappa shape index (κ3) is 3.95. The highest BCUT2D eigenvalue weighted by molar-refractivity contribution is 5.78. The minimum atomic E-state index is -0.0112. The number of tetrazole rings is 1. The van der Waals surface area contributed by atoms with Crippen LogP contribution < -0.4 is 9.64 Å². The maximum absolute atomic E-state index is 12.5. The molecule has 0 unspecified atom stereocenters. The van der Waals surface area contributed by atoms with Crippen molar-refractivity contribution >= 4 is 11.9 Å². The lowest BCUT2D eigenvalue weighted by Gasteiger charge is -2.34. The van der Waals surface area contributed by atoms with Crippen LogP contribution in [0.1, 0.15) is 5.56 Å². The number of anilines is 1. The van der Waals surface area contributed by atoms with Crippen LogP contribution in [-0.4, -0.2) is 63.8 Å². The topological polar surface area (TPSA) is 76.4 Å². The van der Waals surface area contributed by atoms with Crippen LogP contribution in [0.25, 0.3) is 5.69 Å². The monoisotopic (exact) mass is 378 g/mol. The second kappa shape index (κ2) is 8.08. The Hall–Kier alpha value is -3.42. The summed E-state index contributed by atoms with van der Waals surface area (Å²) in [5.74, 6) is 1.39. The van der Waals surface area contributed by atoms with Gasteiger partial charge in [-0.05, 0) is 41.6 Å². The summed E-state index contributed by atoms with van der Waals surface area (Å²) in [7, 11) is 0. The standard InChI is InChI=1S/C20H22N6O2/c1-16-7-9-18(10-8-16)28-15-19(27)24-11-13-25(14-12-24)20-21-22-23-26(20)17-5-3-2-4-6-17/h2-10H,11-15H2,1H3. The zero-order chi connectivity index (χ0) is 19.3. The van der Waals surface area contributed by atoms with E-state index in [9.17, 15) is 4.79 Å². The van der Waals surface area contributed by atoms with E-state index in [1.165, 1.54) is 0 Å². The number of amides is 1. The average Bonchev–Trinajstić information content (AvgIpc) is 3.24. The molecule has 8 nitrogen and oxygen atoms in total. The lowest BCUT2D eigenvalue weighted by Crippen LogP contribution is -2.50. The smallest absolute Gasteiger partial charge is 0.260 e. The molecule has 1 amide bonds. The molecule has 28 heavy (non-hydrogen) atoms. The number of rotatable bonds is 5. The van der Waals surface area contributed by atoms with Crippen molar-refractivity contribution in [2.24, 2.45) is 0 Å². The van der Waals surface area contributed by atoms with E-state index in [1.807, 2.05) is 66.4 Å². The summed E-state index contributed by atoms with van der Waals surface area (Å²) in [5.41, 5.74) is 2.07. The van der Waals surface area contributed by atoms with Gasteiger partial charge in [0.25, 0.3) is 5.91 Å². The summed E-state index contributed by atoms with van der Waals surface area (Å²) >= 11 is 0. The highest BCUT2D eigenvalue weighted by Crippen LogP contribution is 2.17. The first kappa shape index (κ1) is 18.0. The summed E-state index contributed by atoms with van der Waals surface area (Å²) in [6.07, 6.45) is 0. The van der Waals surface area contributed by atoms with Gasteiger partial charge in [0.2, 0.25) is 5.95 Å². The van der Waals surface area contributed by atoms with Crippen molar-refractivity contribution in [3.8, 4) is 11.4 Å². The van der Waals surface area contributed by atoms with E-state index in [1.54, 1.807) is 4.68 Å². The van der Waals surface area contributed by atoms with Gasteiger partial charge in [0.15, 0.2) is 6.61 Å². The molecule has 0 N–H and O–H groups in total. The van der Waals surface area contributed by atoms with Gasteiger partial charge >= 0.3 is 0 Å². The van der Waals surface area contributed by atoms with Crippen molar-refractivity contribution in [2.75, 3.05) is 37.7 Å². The largest absolute Gasteiger partial charge is 0.484 e. The van der Waals surface area contributed by atoms with Gasteiger partial charge in [-0.2, -0.15) is 4.68 Å². The highest BCUT2D eigenvalue weighted by Gasteiger charge is 2.25. The molecule has 3 aromatic rings. The van der Waals surface area contributed by atoms with Gasteiger partial charge in [0.05, 0.1) is 5.69 Å². The maximum Gasteiger partial charge on any atom is 0.260 e. The molecular formula is C20H22N6O2. The zero-order valence-electron chi connectivity index (χ0n) is 15.7. The van der Waals surface area contributed by atoms with Crippen molar-refractivity contribution in [1.29, 1.82) is 0 Å². The first-order chi connectivity index (χ1) is 13.7. The Labute approximate surface area is 163 Å². The summed E-state index contributed by atoms with van der Waals surface area (Å²) in [6, 6.07) is 17.5. The van der Waals surface area contributed by atoms with E-state index in [2.05, 4.69) is 20.4 Å². The normalized spacial score (nSPS) is 14.2. The Kier molecular flexibility index (Phi) is 5.18. The van der Waals surface area contributed by atoms with Crippen LogP contribution in [0, 0.1) is 6.92 Å². The van der Waals surface area contributed by atoms with Crippen molar-refractivity contribution < 1.29 is 9.53 Å². The predicted octanol–water partition coefficient (Wildman–Crippen LogP) is 1.70. The molecule has 1 aliphatic heterocycles. The molecule has 0 bridgehead atoms. The van der Waals surface area contributed by atoms with Crippen LogP contribution in [0.15, 0.2) is 54.6 Å². The number of hydrogen-bond donors (Lipinski definition) is 0. The number of benzene rings is 2. The fraction of sp³-hybridized carbons (Fsp3) is 0.300. The van der Waals surface area contributed by atoms with Crippen molar-refractivity contribution in [3.63, 3.8) is 0 Å². The average molecular weight is 378 g/mol. The number of para-hydroxylation sites is 1. The van der Waals surface area contributed by atoms with Crippen LogP contribution in [-0.2, 0) is 4.79 Å². The quantitative estimate of drug-likeness (QED) is 0.673. The van der Waals surface area contributed by atoms with E-state index in [0.717, 1.165) is 11.3 Å². The molecule has 0 radical (unpaired) electrons. The Morgan fingerprint density at radius 3 is 2.43 bits per heavy atom. The lowest BCUT2D eigenvalue weighted by molar-refractivity contribution is -0.133. The summed E-state index contributed by atoms with van der Waals surface area (Å²) in [5, 5.41) is 12.1. The molecule has 1 fully saturated rings. The Morgan fingerprint density at radius 1 is 1.00 bits per heavy atom. The summed E-state index contributed by atoms with van der Waals surface area (Å²) < 4.78 is 7.33. The fourth-order valence-corrected chi connectivity index (χ4v) is 3.14. The third-order valence-electron chi connectivity index (χ3n) is 4.75. The first-order valence-electron chi connectivity index (χ1n) is 9.27. The van der Waals surface area contributed by atoms with Gasteiger partial charge in [-0.1, -0.05) is 41.0 Å². The Morgan fingerprint density at radius 2 is 1.71 bits per heavy atom. The SMILES string of the molecule is Cc1ccc(OCC(=O)N2CCN(c3nnnn3-c3ccccc3)CC2)cc1. The molecule has 8 heteroatoms. The van der Waals surface area contributed by atoms with E-state index in [4.69, 9.17) is 4.74 Å². The molecule has 1 aromatic heterocycles. The van der Waals surface area contributed by atoms with Crippen LogP contribution in [0.3, 0.4) is 0 Å². The number of carbonyl (C=O) groups excluding carboxylic acids is 1. The van der Waals surface area contributed by atoms with E-state index in [0.29, 0.717) is 37.9 Å². The second-order valence-corrected chi connectivity index (χ2v) is 6.70. The Bertz CT molecular complexity index is 917.